The molecule has 1 amide bonds. The molecule has 0 radical (unpaired) electrons. The smallest absolute Gasteiger partial charge is 0.251 e. The Bertz CT molecular complexity index is 295. The standard InChI is InChI=1S/C9H9NO.3C2H6/c11-9-8-4-2-1-3-7(8)5-6-10-9;3*1-2/h1-4H,5-6H2,(H,10,11);3*1-2H3. The van der Waals surface area contributed by atoms with Crippen molar-refractivity contribution in [2.45, 2.75) is 48.0 Å². The number of fused-ring (bicyclic) bond motifs is 1. The van der Waals surface area contributed by atoms with Gasteiger partial charge in [-0.05, 0) is 18.1 Å². The van der Waals surface area contributed by atoms with Gasteiger partial charge in [-0.15, -0.1) is 0 Å². The van der Waals surface area contributed by atoms with E-state index in [2.05, 4.69) is 5.32 Å². The summed E-state index contributed by atoms with van der Waals surface area (Å²) < 4.78 is 0. The van der Waals surface area contributed by atoms with E-state index in [4.69, 9.17) is 0 Å². The van der Waals surface area contributed by atoms with Crippen LogP contribution in [0, 0.1) is 0 Å². The minimum atomic E-state index is 0.0619. The number of hydrogen-bond acceptors (Lipinski definition) is 1. The molecule has 0 spiro atoms. The number of carbonyl (C=O) groups excluding carboxylic acids is 1. The van der Waals surface area contributed by atoms with Crippen LogP contribution in [0.4, 0.5) is 0 Å². The van der Waals surface area contributed by atoms with Gasteiger partial charge in [-0.1, -0.05) is 59.7 Å². The molecule has 1 aromatic rings. The summed E-state index contributed by atoms with van der Waals surface area (Å²) in [5.41, 5.74) is 2.00. The third-order valence-electron chi connectivity index (χ3n) is 1.94. The molecule has 98 valence electrons. The number of hydrogen-bond donors (Lipinski definition) is 1. The van der Waals surface area contributed by atoms with Crippen LogP contribution in [0.1, 0.15) is 57.5 Å². The molecule has 0 atom stereocenters. The number of carbonyl (C=O) groups is 1. The molecule has 1 aliphatic heterocycles. The molecule has 17 heavy (non-hydrogen) atoms. The second-order valence-corrected chi connectivity index (χ2v) is 2.66. The molecule has 0 bridgehead atoms. The van der Waals surface area contributed by atoms with E-state index in [1.54, 1.807) is 0 Å². The SMILES string of the molecule is CC.CC.CC.O=C1NCCc2ccccc21. The molecular formula is C15H27NO. The van der Waals surface area contributed by atoms with Gasteiger partial charge in [0.05, 0.1) is 0 Å². The molecule has 2 heteroatoms. The molecule has 1 heterocycles. The van der Waals surface area contributed by atoms with Crippen LogP contribution in [0.2, 0.25) is 0 Å². The van der Waals surface area contributed by atoms with E-state index in [9.17, 15) is 4.79 Å². The van der Waals surface area contributed by atoms with Gasteiger partial charge in [0.15, 0.2) is 0 Å². The first-order chi connectivity index (χ1) is 8.38. The van der Waals surface area contributed by atoms with Crippen LogP contribution in [0.15, 0.2) is 24.3 Å². The van der Waals surface area contributed by atoms with Gasteiger partial charge in [0.25, 0.3) is 5.91 Å². The molecule has 0 saturated heterocycles. The van der Waals surface area contributed by atoms with Crippen LogP contribution >= 0.6 is 0 Å². The van der Waals surface area contributed by atoms with Crippen molar-refractivity contribution in [1.29, 1.82) is 0 Å². The monoisotopic (exact) mass is 237 g/mol. The fourth-order valence-corrected chi connectivity index (χ4v) is 1.37. The van der Waals surface area contributed by atoms with E-state index < -0.39 is 0 Å². The van der Waals surface area contributed by atoms with Crippen molar-refractivity contribution in [3.63, 3.8) is 0 Å². The molecule has 2 nitrogen and oxygen atoms in total. The van der Waals surface area contributed by atoms with E-state index >= 15 is 0 Å². The van der Waals surface area contributed by atoms with E-state index in [0.29, 0.717) is 0 Å². The lowest BCUT2D eigenvalue weighted by atomic mass is 10.0. The lowest BCUT2D eigenvalue weighted by Gasteiger charge is -2.15. The van der Waals surface area contributed by atoms with E-state index in [1.165, 1.54) is 0 Å². The molecule has 0 fully saturated rings. The van der Waals surface area contributed by atoms with Crippen LogP contribution < -0.4 is 5.32 Å². The average Bonchev–Trinajstić information content (AvgIpc) is 2.46. The third-order valence-corrected chi connectivity index (χ3v) is 1.94. The minimum Gasteiger partial charge on any atom is -0.352 e. The Morgan fingerprint density at radius 1 is 0.941 bits per heavy atom. The van der Waals surface area contributed by atoms with Crippen LogP contribution in [0.3, 0.4) is 0 Å². The first-order valence-electron chi connectivity index (χ1n) is 6.74. The highest BCUT2D eigenvalue weighted by molar-refractivity contribution is 5.96. The fraction of sp³-hybridized carbons (Fsp3) is 0.533. The van der Waals surface area contributed by atoms with Crippen molar-refractivity contribution in [1.82, 2.24) is 5.32 Å². The molecule has 0 unspecified atom stereocenters. The summed E-state index contributed by atoms with van der Waals surface area (Å²) in [7, 11) is 0. The van der Waals surface area contributed by atoms with Crippen molar-refractivity contribution in [2.75, 3.05) is 6.54 Å². The maximum absolute atomic E-state index is 11.2. The Morgan fingerprint density at radius 3 is 2.00 bits per heavy atom. The molecule has 0 saturated carbocycles. The second-order valence-electron chi connectivity index (χ2n) is 2.66. The van der Waals surface area contributed by atoms with Gasteiger partial charge in [0.1, 0.15) is 0 Å². The van der Waals surface area contributed by atoms with Gasteiger partial charge < -0.3 is 5.32 Å². The summed E-state index contributed by atoms with van der Waals surface area (Å²) >= 11 is 0. The van der Waals surface area contributed by atoms with Gasteiger partial charge in [-0.25, -0.2) is 0 Å². The Hall–Kier alpha value is -1.31. The number of nitrogens with one attached hydrogen (secondary N) is 1. The van der Waals surface area contributed by atoms with Gasteiger partial charge in [-0.3, -0.25) is 4.79 Å². The molecule has 0 aliphatic carbocycles. The zero-order valence-corrected chi connectivity index (χ0v) is 12.1. The Labute approximate surface area is 106 Å². The van der Waals surface area contributed by atoms with Crippen molar-refractivity contribution in [3.8, 4) is 0 Å². The highest BCUT2D eigenvalue weighted by Crippen LogP contribution is 2.11. The zero-order chi connectivity index (χ0) is 13.7. The first-order valence-corrected chi connectivity index (χ1v) is 6.74. The normalized spacial score (nSPS) is 11.1. The molecule has 0 aromatic heterocycles. The van der Waals surface area contributed by atoms with E-state index in [1.807, 2.05) is 65.8 Å². The number of benzene rings is 1. The lowest BCUT2D eigenvalue weighted by Crippen LogP contribution is -2.31. The first kappa shape index (κ1) is 18.1. The van der Waals surface area contributed by atoms with Crippen LogP contribution in [0.5, 0.6) is 0 Å². The highest BCUT2D eigenvalue weighted by atomic mass is 16.1. The van der Waals surface area contributed by atoms with Gasteiger partial charge in [0.2, 0.25) is 0 Å². The van der Waals surface area contributed by atoms with Gasteiger partial charge >= 0.3 is 0 Å². The van der Waals surface area contributed by atoms with Gasteiger partial charge in [0, 0.05) is 12.1 Å². The van der Waals surface area contributed by atoms with Gasteiger partial charge in [-0.2, -0.15) is 0 Å². The summed E-state index contributed by atoms with van der Waals surface area (Å²) in [6, 6.07) is 7.74. The average molecular weight is 237 g/mol. The summed E-state index contributed by atoms with van der Waals surface area (Å²) in [6.07, 6.45) is 0.960. The number of rotatable bonds is 0. The van der Waals surface area contributed by atoms with Crippen molar-refractivity contribution < 1.29 is 4.79 Å². The van der Waals surface area contributed by atoms with Crippen LogP contribution in [-0.4, -0.2) is 12.5 Å². The predicted molar refractivity (Wildman–Crippen MR) is 76.5 cm³/mol. The predicted octanol–water partition coefficient (Wildman–Crippen LogP) is 4.05. The Balaban J connectivity index is 0. The largest absolute Gasteiger partial charge is 0.352 e. The summed E-state index contributed by atoms with van der Waals surface area (Å²) in [5, 5.41) is 2.80. The highest BCUT2D eigenvalue weighted by Gasteiger charge is 2.14. The Morgan fingerprint density at radius 2 is 1.47 bits per heavy atom. The van der Waals surface area contributed by atoms with E-state index in [0.717, 1.165) is 24.1 Å². The van der Waals surface area contributed by atoms with Crippen molar-refractivity contribution in [2.24, 2.45) is 0 Å². The fourth-order valence-electron chi connectivity index (χ4n) is 1.37. The molecule has 1 aromatic carbocycles. The lowest BCUT2D eigenvalue weighted by molar-refractivity contribution is 0.0946. The summed E-state index contributed by atoms with van der Waals surface area (Å²) in [6.45, 7) is 12.8. The van der Waals surface area contributed by atoms with Crippen LogP contribution in [-0.2, 0) is 6.42 Å². The second kappa shape index (κ2) is 12.8. The van der Waals surface area contributed by atoms with E-state index in [-0.39, 0.29) is 5.91 Å². The maximum Gasteiger partial charge on any atom is 0.251 e. The third kappa shape index (κ3) is 6.10. The van der Waals surface area contributed by atoms with Crippen molar-refractivity contribution >= 4 is 5.91 Å². The van der Waals surface area contributed by atoms with Crippen LogP contribution in [0.25, 0.3) is 0 Å². The summed E-state index contributed by atoms with van der Waals surface area (Å²) in [5.74, 6) is 0.0619. The number of amides is 1. The molecule has 1 aliphatic rings. The van der Waals surface area contributed by atoms with Crippen molar-refractivity contribution in [3.05, 3.63) is 35.4 Å². The topological polar surface area (TPSA) is 29.1 Å². The molecule has 1 N–H and O–H groups in total. The Kier molecular flexibility index (Phi) is 13.6. The quantitative estimate of drug-likeness (QED) is 0.724. The zero-order valence-electron chi connectivity index (χ0n) is 12.1. The molecular weight excluding hydrogens is 210 g/mol. The minimum absolute atomic E-state index is 0.0619. The molecule has 2 rings (SSSR count). The summed E-state index contributed by atoms with van der Waals surface area (Å²) in [4.78, 5) is 11.2. The maximum atomic E-state index is 11.2.